The number of hydrogen-bond acceptors (Lipinski definition) is 2. The topological polar surface area (TPSA) is 21.3 Å². The van der Waals surface area contributed by atoms with E-state index in [1.165, 1.54) is 18.4 Å². The van der Waals surface area contributed by atoms with Crippen LogP contribution in [0.15, 0.2) is 24.3 Å². The molecule has 2 rings (SSSR count). The first-order chi connectivity index (χ1) is 10.1. The van der Waals surface area contributed by atoms with Crippen molar-refractivity contribution in [3.8, 4) is 0 Å². The van der Waals surface area contributed by atoms with Crippen molar-refractivity contribution in [3.63, 3.8) is 0 Å². The molecule has 21 heavy (non-hydrogen) atoms. The maximum Gasteiger partial charge on any atom is 0.0840 e. The van der Waals surface area contributed by atoms with Gasteiger partial charge >= 0.3 is 0 Å². The first-order valence-electron chi connectivity index (χ1n) is 8.16. The predicted molar refractivity (Wildman–Crippen MR) is 90.0 cm³/mol. The molecule has 0 aliphatic heterocycles. The fourth-order valence-electron chi connectivity index (χ4n) is 3.81. The lowest BCUT2D eigenvalue weighted by Gasteiger charge is -2.45. The standard InChI is InChI=1S/C18H28ClNO/c1-4-21-18(11-7-8-14(2)13-18)17(20-3)12-15-9-5-6-10-16(15)19/h5-6,9-10,14,17,20H,4,7-8,11-13H2,1-3H3. The number of nitrogens with one attached hydrogen (secondary N) is 1. The highest BCUT2D eigenvalue weighted by molar-refractivity contribution is 6.31. The molecule has 1 fully saturated rings. The zero-order valence-electron chi connectivity index (χ0n) is 13.5. The number of hydrogen-bond donors (Lipinski definition) is 1. The van der Waals surface area contributed by atoms with Crippen molar-refractivity contribution in [2.24, 2.45) is 5.92 Å². The van der Waals surface area contributed by atoms with E-state index in [0.29, 0.717) is 6.04 Å². The molecule has 1 aliphatic carbocycles. The Balaban J connectivity index is 2.21. The van der Waals surface area contributed by atoms with E-state index in [2.05, 4.69) is 31.3 Å². The van der Waals surface area contributed by atoms with Crippen molar-refractivity contribution >= 4 is 11.6 Å². The second-order valence-electron chi connectivity index (χ2n) is 6.34. The van der Waals surface area contributed by atoms with Gasteiger partial charge in [-0.25, -0.2) is 0 Å². The summed E-state index contributed by atoms with van der Waals surface area (Å²) in [7, 11) is 2.04. The fourth-order valence-corrected chi connectivity index (χ4v) is 4.03. The summed E-state index contributed by atoms with van der Waals surface area (Å²) >= 11 is 6.35. The van der Waals surface area contributed by atoms with Gasteiger partial charge < -0.3 is 10.1 Å². The van der Waals surface area contributed by atoms with E-state index in [9.17, 15) is 0 Å². The Morgan fingerprint density at radius 2 is 2.19 bits per heavy atom. The molecular weight excluding hydrogens is 282 g/mol. The molecule has 1 aliphatic rings. The minimum absolute atomic E-state index is 0.0552. The molecule has 0 radical (unpaired) electrons. The zero-order chi connectivity index (χ0) is 15.3. The highest BCUT2D eigenvalue weighted by Gasteiger charge is 2.42. The highest BCUT2D eigenvalue weighted by Crippen LogP contribution is 2.39. The Kier molecular flexibility index (Phi) is 6.09. The van der Waals surface area contributed by atoms with Crippen LogP contribution in [-0.2, 0) is 11.2 Å². The molecule has 1 aromatic carbocycles. The minimum Gasteiger partial charge on any atom is -0.374 e. The van der Waals surface area contributed by atoms with E-state index < -0.39 is 0 Å². The molecule has 1 N–H and O–H groups in total. The van der Waals surface area contributed by atoms with Crippen molar-refractivity contribution in [3.05, 3.63) is 34.9 Å². The van der Waals surface area contributed by atoms with E-state index in [1.807, 2.05) is 19.2 Å². The number of rotatable bonds is 6. The van der Waals surface area contributed by atoms with Crippen molar-refractivity contribution in [2.75, 3.05) is 13.7 Å². The van der Waals surface area contributed by atoms with Gasteiger partial charge in [0.15, 0.2) is 0 Å². The average molecular weight is 310 g/mol. The molecule has 1 aromatic rings. The summed E-state index contributed by atoms with van der Waals surface area (Å²) in [6.45, 7) is 5.21. The molecule has 118 valence electrons. The number of halogens is 1. The second kappa shape index (κ2) is 7.62. The molecule has 0 aromatic heterocycles. The number of benzene rings is 1. The van der Waals surface area contributed by atoms with Gasteiger partial charge in [-0.05, 0) is 50.8 Å². The van der Waals surface area contributed by atoms with Crippen molar-refractivity contribution in [1.29, 1.82) is 0 Å². The zero-order valence-corrected chi connectivity index (χ0v) is 14.2. The molecule has 3 unspecified atom stereocenters. The van der Waals surface area contributed by atoms with Crippen LogP contribution < -0.4 is 5.32 Å². The van der Waals surface area contributed by atoms with Crippen LogP contribution in [0.3, 0.4) is 0 Å². The van der Waals surface area contributed by atoms with Crippen molar-refractivity contribution < 1.29 is 4.74 Å². The third kappa shape index (κ3) is 4.00. The van der Waals surface area contributed by atoms with Crippen LogP contribution in [0.1, 0.15) is 45.1 Å². The molecule has 0 bridgehead atoms. The largest absolute Gasteiger partial charge is 0.374 e. The lowest BCUT2D eigenvalue weighted by atomic mass is 9.73. The molecule has 0 saturated heterocycles. The van der Waals surface area contributed by atoms with Gasteiger partial charge in [-0.2, -0.15) is 0 Å². The van der Waals surface area contributed by atoms with Crippen LogP contribution in [0.2, 0.25) is 5.02 Å². The number of ether oxygens (including phenoxy) is 1. The highest BCUT2D eigenvalue weighted by atomic mass is 35.5. The van der Waals surface area contributed by atoms with Crippen LogP contribution >= 0.6 is 11.6 Å². The normalized spacial score (nSPS) is 27.5. The molecule has 1 saturated carbocycles. The van der Waals surface area contributed by atoms with Crippen LogP contribution in [0.25, 0.3) is 0 Å². The average Bonchev–Trinajstić information content (AvgIpc) is 2.46. The Bertz CT molecular complexity index is 447. The summed E-state index contributed by atoms with van der Waals surface area (Å²) in [4.78, 5) is 0. The molecule has 3 heteroatoms. The van der Waals surface area contributed by atoms with Gasteiger partial charge in [-0.3, -0.25) is 0 Å². The first-order valence-corrected chi connectivity index (χ1v) is 8.53. The fraction of sp³-hybridized carbons (Fsp3) is 0.667. The molecule has 2 nitrogen and oxygen atoms in total. The second-order valence-corrected chi connectivity index (χ2v) is 6.74. The maximum atomic E-state index is 6.35. The number of likely N-dealkylation sites (N-methyl/N-ethyl adjacent to an activating group) is 1. The van der Waals surface area contributed by atoms with Crippen LogP contribution in [-0.4, -0.2) is 25.3 Å². The summed E-state index contributed by atoms with van der Waals surface area (Å²) in [6, 6.07) is 8.45. The summed E-state index contributed by atoms with van der Waals surface area (Å²) in [5.74, 6) is 0.729. The summed E-state index contributed by atoms with van der Waals surface area (Å²) in [5.41, 5.74) is 1.15. The van der Waals surface area contributed by atoms with Crippen molar-refractivity contribution in [2.45, 2.75) is 57.6 Å². The van der Waals surface area contributed by atoms with E-state index in [1.54, 1.807) is 0 Å². The van der Waals surface area contributed by atoms with Gasteiger partial charge in [-0.15, -0.1) is 0 Å². The van der Waals surface area contributed by atoms with Gasteiger partial charge in [-0.1, -0.05) is 49.6 Å². The molecule has 0 spiro atoms. The van der Waals surface area contributed by atoms with Gasteiger partial charge in [0.25, 0.3) is 0 Å². The van der Waals surface area contributed by atoms with Gasteiger partial charge in [0.05, 0.1) is 5.60 Å². The maximum absolute atomic E-state index is 6.35. The van der Waals surface area contributed by atoms with E-state index in [0.717, 1.165) is 36.8 Å². The SMILES string of the molecule is CCOC1(C(Cc2ccccc2Cl)NC)CCCC(C)C1. The van der Waals surface area contributed by atoms with Crippen molar-refractivity contribution in [1.82, 2.24) is 5.32 Å². The smallest absolute Gasteiger partial charge is 0.0840 e. The molecule has 0 amide bonds. The van der Waals surface area contributed by atoms with Crippen LogP contribution in [0.5, 0.6) is 0 Å². The van der Waals surface area contributed by atoms with Gasteiger partial charge in [0, 0.05) is 17.7 Å². The Morgan fingerprint density at radius 3 is 2.81 bits per heavy atom. The quantitative estimate of drug-likeness (QED) is 0.838. The third-order valence-corrected chi connectivity index (χ3v) is 5.16. The van der Waals surface area contributed by atoms with Gasteiger partial charge in [0.2, 0.25) is 0 Å². The van der Waals surface area contributed by atoms with Gasteiger partial charge in [0.1, 0.15) is 0 Å². The Morgan fingerprint density at radius 1 is 1.43 bits per heavy atom. The minimum atomic E-state index is -0.0552. The van der Waals surface area contributed by atoms with E-state index >= 15 is 0 Å². The summed E-state index contributed by atoms with van der Waals surface area (Å²) in [5, 5.41) is 4.36. The van der Waals surface area contributed by atoms with E-state index in [4.69, 9.17) is 16.3 Å². The summed E-state index contributed by atoms with van der Waals surface area (Å²) < 4.78 is 6.30. The Labute approximate surface area is 134 Å². The van der Waals surface area contributed by atoms with E-state index in [-0.39, 0.29) is 5.60 Å². The Hall–Kier alpha value is -0.570. The summed E-state index contributed by atoms with van der Waals surface area (Å²) in [6.07, 6.45) is 5.76. The third-order valence-electron chi connectivity index (χ3n) is 4.79. The molecule has 3 atom stereocenters. The van der Waals surface area contributed by atoms with Crippen LogP contribution in [0.4, 0.5) is 0 Å². The monoisotopic (exact) mass is 309 g/mol. The predicted octanol–water partition coefficient (Wildman–Crippen LogP) is 4.46. The molecular formula is C18H28ClNO. The lowest BCUT2D eigenvalue weighted by Crippen LogP contribution is -2.55. The molecule has 0 heterocycles. The van der Waals surface area contributed by atoms with Crippen LogP contribution in [0, 0.1) is 5.92 Å². The lowest BCUT2D eigenvalue weighted by molar-refractivity contribution is -0.0988. The first kappa shape index (κ1) is 16.8.